The molecule has 9 nitrogen and oxygen atoms in total. The average molecular weight is 589 g/mol. The lowest BCUT2D eigenvalue weighted by molar-refractivity contribution is -0.164. The standard InChI is InChI=1S/C34H48N6O3/c1-22-16-27(9-8-23(22)17-35)43-30-33(4,5)29(34(30,6)7)38-28(42)24-18-36-31(37-19-24)40-15-10-25(32(2,3)21-40)20-39-13-11-26(41)12-14-39/h8-9,16,18-19,25-26,29-30,41H,10-15,20-21H2,1-7H3,(H,38,42)/t25-,29?,30?/m1/s1. The van der Waals surface area contributed by atoms with Gasteiger partial charge in [0.1, 0.15) is 11.9 Å². The van der Waals surface area contributed by atoms with E-state index in [4.69, 9.17) is 4.74 Å². The molecule has 0 unspecified atom stereocenters. The Bertz CT molecular complexity index is 1340. The summed E-state index contributed by atoms with van der Waals surface area (Å²) in [6, 6.07) is 7.62. The first kappa shape index (κ1) is 31.2. The van der Waals surface area contributed by atoms with Crippen molar-refractivity contribution in [2.45, 2.75) is 86.0 Å². The van der Waals surface area contributed by atoms with E-state index >= 15 is 0 Å². The zero-order valence-corrected chi connectivity index (χ0v) is 26.9. The molecule has 1 aliphatic carbocycles. The third kappa shape index (κ3) is 6.23. The number of carbonyl (C=O) groups excluding carboxylic acids is 1. The number of aryl methyl sites for hydroxylation is 1. The van der Waals surface area contributed by atoms with Gasteiger partial charge in [0.25, 0.3) is 5.91 Å². The van der Waals surface area contributed by atoms with Crippen molar-refractivity contribution in [2.75, 3.05) is 37.6 Å². The summed E-state index contributed by atoms with van der Waals surface area (Å²) in [7, 11) is 0. The van der Waals surface area contributed by atoms with Crippen molar-refractivity contribution in [1.82, 2.24) is 20.2 Å². The highest BCUT2D eigenvalue weighted by atomic mass is 16.5. The molecule has 2 aliphatic heterocycles. The number of rotatable bonds is 7. The van der Waals surface area contributed by atoms with E-state index in [-0.39, 0.29) is 40.4 Å². The maximum atomic E-state index is 13.4. The summed E-state index contributed by atoms with van der Waals surface area (Å²) in [5.74, 6) is 1.79. The lowest BCUT2D eigenvalue weighted by Gasteiger charge is -2.63. The van der Waals surface area contributed by atoms with Crippen LogP contribution < -0.4 is 15.0 Å². The number of aliphatic hydroxyl groups is 1. The van der Waals surface area contributed by atoms with Crippen molar-refractivity contribution in [2.24, 2.45) is 22.2 Å². The molecule has 43 heavy (non-hydrogen) atoms. The number of nitrogens with one attached hydrogen (secondary N) is 1. The number of nitrogens with zero attached hydrogens (tertiary/aromatic N) is 5. The van der Waals surface area contributed by atoms with E-state index in [9.17, 15) is 15.2 Å². The van der Waals surface area contributed by atoms with E-state index in [0.29, 0.717) is 23.0 Å². The number of hydrogen-bond donors (Lipinski definition) is 2. The number of aliphatic hydroxyl groups excluding tert-OH is 1. The number of ether oxygens (including phenoxy) is 1. The summed E-state index contributed by atoms with van der Waals surface area (Å²) >= 11 is 0. The molecular weight excluding hydrogens is 540 g/mol. The lowest BCUT2D eigenvalue weighted by Crippen LogP contribution is -2.74. The van der Waals surface area contributed by atoms with Gasteiger partial charge in [-0.15, -0.1) is 0 Å². The van der Waals surface area contributed by atoms with Gasteiger partial charge in [0.05, 0.1) is 23.3 Å². The van der Waals surface area contributed by atoms with Crippen molar-refractivity contribution in [1.29, 1.82) is 5.26 Å². The second-order valence-corrected chi connectivity index (χ2v) is 14.8. The number of benzene rings is 1. The maximum absolute atomic E-state index is 13.4. The molecule has 1 saturated carbocycles. The van der Waals surface area contributed by atoms with Crippen LogP contribution in [0.3, 0.4) is 0 Å². The molecular formula is C34H48N6O3. The number of anilines is 1. The molecule has 5 rings (SSSR count). The molecule has 2 aromatic rings. The summed E-state index contributed by atoms with van der Waals surface area (Å²) in [5, 5.41) is 22.3. The Hall–Kier alpha value is -3.22. The minimum atomic E-state index is -0.314. The summed E-state index contributed by atoms with van der Waals surface area (Å²) in [6.45, 7) is 19.8. The van der Waals surface area contributed by atoms with Crippen LogP contribution in [0.1, 0.15) is 82.3 Å². The number of carbonyl (C=O) groups is 1. The minimum absolute atomic E-state index is 0.101. The molecule has 3 aliphatic rings. The van der Waals surface area contributed by atoms with Crippen LogP contribution in [0.15, 0.2) is 30.6 Å². The quantitative estimate of drug-likeness (QED) is 0.483. The third-order valence-electron chi connectivity index (χ3n) is 10.4. The highest BCUT2D eigenvalue weighted by Crippen LogP contribution is 2.55. The topological polar surface area (TPSA) is 115 Å². The van der Waals surface area contributed by atoms with E-state index < -0.39 is 0 Å². The molecule has 2 saturated heterocycles. The molecule has 2 N–H and O–H groups in total. The van der Waals surface area contributed by atoms with Gasteiger partial charge >= 0.3 is 0 Å². The average Bonchev–Trinajstić information content (AvgIpc) is 2.96. The number of hydrogen-bond acceptors (Lipinski definition) is 8. The number of aromatic nitrogens is 2. The molecule has 3 fully saturated rings. The SMILES string of the molecule is Cc1cc(OC2C(C)(C)C(NC(=O)c3cnc(N4CC[C@H](CN5CCC(O)CC5)C(C)(C)C4)nc3)C2(C)C)ccc1C#N. The predicted molar refractivity (Wildman–Crippen MR) is 167 cm³/mol. The molecule has 0 bridgehead atoms. The second-order valence-electron chi connectivity index (χ2n) is 14.8. The fraction of sp³-hybridized carbons (Fsp3) is 0.647. The van der Waals surface area contributed by atoms with Crippen molar-refractivity contribution >= 4 is 11.9 Å². The monoisotopic (exact) mass is 588 g/mol. The van der Waals surface area contributed by atoms with Crippen molar-refractivity contribution in [3.63, 3.8) is 0 Å². The van der Waals surface area contributed by atoms with Crippen LogP contribution in [-0.4, -0.2) is 76.9 Å². The second kappa shape index (κ2) is 11.7. The zero-order valence-electron chi connectivity index (χ0n) is 26.9. The van der Waals surface area contributed by atoms with Gasteiger partial charge in [-0.3, -0.25) is 4.79 Å². The molecule has 1 amide bonds. The van der Waals surface area contributed by atoms with Gasteiger partial charge in [-0.05, 0) is 61.3 Å². The Morgan fingerprint density at radius 1 is 1.07 bits per heavy atom. The Kier molecular flexibility index (Phi) is 8.49. The van der Waals surface area contributed by atoms with Gasteiger partial charge in [0.2, 0.25) is 5.95 Å². The molecule has 1 aromatic carbocycles. The van der Waals surface area contributed by atoms with Gasteiger partial charge in [0.15, 0.2) is 0 Å². The van der Waals surface area contributed by atoms with E-state index in [0.717, 1.165) is 63.3 Å². The van der Waals surface area contributed by atoms with E-state index in [1.54, 1.807) is 18.5 Å². The highest BCUT2D eigenvalue weighted by molar-refractivity contribution is 5.94. The third-order valence-corrected chi connectivity index (χ3v) is 10.4. The van der Waals surface area contributed by atoms with Crippen LogP contribution in [-0.2, 0) is 0 Å². The Balaban J connectivity index is 1.18. The van der Waals surface area contributed by atoms with Crippen LogP contribution in [0.25, 0.3) is 0 Å². The number of nitriles is 1. The normalized spacial score (nSPS) is 26.7. The van der Waals surface area contributed by atoms with Gasteiger partial charge < -0.3 is 25.0 Å². The summed E-state index contributed by atoms with van der Waals surface area (Å²) in [5.41, 5.74) is 1.45. The smallest absolute Gasteiger partial charge is 0.254 e. The molecule has 0 radical (unpaired) electrons. The highest BCUT2D eigenvalue weighted by Gasteiger charge is 2.64. The molecule has 0 spiro atoms. The predicted octanol–water partition coefficient (Wildman–Crippen LogP) is 4.58. The van der Waals surface area contributed by atoms with Crippen LogP contribution in [0, 0.1) is 40.4 Å². The molecule has 3 heterocycles. The fourth-order valence-electron chi connectivity index (χ4n) is 7.91. The van der Waals surface area contributed by atoms with Gasteiger partial charge in [-0.2, -0.15) is 5.26 Å². The van der Waals surface area contributed by atoms with E-state index in [2.05, 4.69) is 72.7 Å². The summed E-state index contributed by atoms with van der Waals surface area (Å²) < 4.78 is 6.43. The Morgan fingerprint density at radius 2 is 1.72 bits per heavy atom. The summed E-state index contributed by atoms with van der Waals surface area (Å²) in [6.07, 6.45) is 5.82. The number of likely N-dealkylation sites (tertiary alicyclic amines) is 1. The molecule has 232 valence electrons. The maximum Gasteiger partial charge on any atom is 0.254 e. The first-order chi connectivity index (χ1) is 20.2. The number of amides is 1. The summed E-state index contributed by atoms with van der Waals surface area (Å²) in [4.78, 5) is 27.3. The van der Waals surface area contributed by atoms with Crippen molar-refractivity contribution < 1.29 is 14.6 Å². The Labute approximate surface area is 256 Å². The number of piperidine rings is 2. The van der Waals surface area contributed by atoms with Crippen molar-refractivity contribution in [3.05, 3.63) is 47.3 Å². The van der Waals surface area contributed by atoms with E-state index in [1.807, 2.05) is 19.1 Å². The van der Waals surface area contributed by atoms with Gasteiger partial charge in [-0.1, -0.05) is 41.5 Å². The molecule has 1 atom stereocenters. The lowest BCUT2D eigenvalue weighted by atomic mass is 9.49. The molecule has 1 aromatic heterocycles. The minimum Gasteiger partial charge on any atom is -0.489 e. The fourth-order valence-corrected chi connectivity index (χ4v) is 7.91. The largest absolute Gasteiger partial charge is 0.489 e. The van der Waals surface area contributed by atoms with Gasteiger partial charge in [-0.25, -0.2) is 9.97 Å². The molecule has 9 heteroatoms. The van der Waals surface area contributed by atoms with Crippen LogP contribution in [0.4, 0.5) is 5.95 Å². The zero-order chi connectivity index (χ0) is 31.2. The first-order valence-electron chi connectivity index (χ1n) is 15.7. The van der Waals surface area contributed by atoms with Crippen LogP contribution in [0.2, 0.25) is 0 Å². The first-order valence-corrected chi connectivity index (χ1v) is 15.7. The van der Waals surface area contributed by atoms with E-state index in [1.165, 1.54) is 0 Å². The van der Waals surface area contributed by atoms with Crippen molar-refractivity contribution in [3.8, 4) is 11.8 Å². The van der Waals surface area contributed by atoms with Crippen LogP contribution in [0.5, 0.6) is 5.75 Å². The van der Waals surface area contributed by atoms with Gasteiger partial charge in [0, 0.05) is 62.0 Å². The Morgan fingerprint density at radius 3 is 2.30 bits per heavy atom. The van der Waals surface area contributed by atoms with Crippen LogP contribution >= 0.6 is 0 Å².